The highest BCUT2D eigenvalue weighted by molar-refractivity contribution is 7.52. The zero-order chi connectivity index (χ0) is 28.8. The predicted octanol–water partition coefficient (Wildman–Crippen LogP) is 3.74. The SMILES string of the molecule is CCCCOC(=O)C(C)(C)NP(=O)(OCCOCn1cnc2c(=O)[nH]c(N)nc21)Oc1cccc2ccccc12. The second-order valence-corrected chi connectivity index (χ2v) is 11.2. The highest BCUT2D eigenvalue weighted by atomic mass is 31.2. The Balaban J connectivity index is 1.46. The van der Waals surface area contributed by atoms with Gasteiger partial charge in [-0.25, -0.2) is 9.55 Å². The van der Waals surface area contributed by atoms with E-state index in [1.54, 1.807) is 26.0 Å². The van der Waals surface area contributed by atoms with Crippen molar-refractivity contribution in [1.82, 2.24) is 24.6 Å². The first-order valence-corrected chi connectivity index (χ1v) is 14.3. The van der Waals surface area contributed by atoms with Gasteiger partial charge in [-0.3, -0.25) is 23.7 Å². The molecule has 2 heterocycles. The summed E-state index contributed by atoms with van der Waals surface area (Å²) in [6, 6.07) is 12.8. The molecule has 0 spiro atoms. The molecule has 0 saturated heterocycles. The number of nitrogen functional groups attached to an aromatic ring is 1. The van der Waals surface area contributed by atoms with E-state index in [9.17, 15) is 14.2 Å². The molecule has 2 aromatic carbocycles. The van der Waals surface area contributed by atoms with Crippen LogP contribution in [-0.4, -0.2) is 50.8 Å². The fourth-order valence-corrected chi connectivity index (χ4v) is 5.48. The van der Waals surface area contributed by atoms with Crippen molar-refractivity contribution < 1.29 is 27.9 Å². The molecule has 0 fully saturated rings. The monoisotopic (exact) mass is 572 g/mol. The molecule has 13 nitrogen and oxygen atoms in total. The van der Waals surface area contributed by atoms with Gasteiger partial charge >= 0.3 is 13.7 Å². The van der Waals surface area contributed by atoms with Gasteiger partial charge in [0.25, 0.3) is 5.56 Å². The van der Waals surface area contributed by atoms with Crippen LogP contribution in [0.1, 0.15) is 33.6 Å². The molecule has 0 amide bonds. The highest BCUT2D eigenvalue weighted by Gasteiger charge is 2.40. The molecular weight excluding hydrogens is 539 g/mol. The van der Waals surface area contributed by atoms with Gasteiger partial charge in [-0.1, -0.05) is 49.7 Å². The molecule has 1 unspecified atom stereocenters. The number of unbranched alkanes of at least 4 members (excludes halogenated alkanes) is 1. The van der Waals surface area contributed by atoms with E-state index in [0.29, 0.717) is 12.2 Å². The summed E-state index contributed by atoms with van der Waals surface area (Å²) in [5.74, 6) is -0.309. The van der Waals surface area contributed by atoms with E-state index >= 15 is 0 Å². The van der Waals surface area contributed by atoms with Crippen LogP contribution < -0.4 is 20.9 Å². The number of nitrogens with two attached hydrogens (primary N) is 1. The Morgan fingerprint density at radius 2 is 1.93 bits per heavy atom. The van der Waals surface area contributed by atoms with Crippen molar-refractivity contribution in [2.75, 3.05) is 25.6 Å². The number of ether oxygens (including phenoxy) is 2. The van der Waals surface area contributed by atoms with E-state index in [-0.39, 0.29) is 43.7 Å². The second-order valence-electron chi connectivity index (χ2n) is 9.50. The van der Waals surface area contributed by atoms with Gasteiger partial charge in [-0.15, -0.1) is 0 Å². The van der Waals surface area contributed by atoms with Crippen molar-refractivity contribution in [3.8, 4) is 5.75 Å². The largest absolute Gasteiger partial charge is 0.464 e. The number of nitrogens with zero attached hydrogens (tertiary/aromatic N) is 3. The number of hydrogen-bond donors (Lipinski definition) is 3. The minimum absolute atomic E-state index is 0.00963. The van der Waals surface area contributed by atoms with Crippen LogP contribution in [0.2, 0.25) is 0 Å². The van der Waals surface area contributed by atoms with Gasteiger partial charge in [0.05, 0.1) is 26.1 Å². The van der Waals surface area contributed by atoms with Crippen molar-refractivity contribution in [3.63, 3.8) is 0 Å². The average molecular weight is 573 g/mol. The van der Waals surface area contributed by atoms with Crippen molar-refractivity contribution in [2.45, 2.75) is 45.9 Å². The third kappa shape index (κ3) is 7.05. The first kappa shape index (κ1) is 29.2. The molecule has 14 heteroatoms. The Hall–Kier alpha value is -3.77. The topological polar surface area (TPSA) is 173 Å². The summed E-state index contributed by atoms with van der Waals surface area (Å²) in [4.78, 5) is 35.2. The summed E-state index contributed by atoms with van der Waals surface area (Å²) in [5, 5.41) is 4.36. The maximum atomic E-state index is 14.0. The normalized spacial score (nSPS) is 13.4. The second kappa shape index (κ2) is 12.6. The number of nitrogens with one attached hydrogen (secondary N) is 2. The number of anilines is 1. The number of H-pyrrole nitrogens is 1. The number of fused-ring (bicyclic) bond motifs is 2. The molecule has 214 valence electrons. The van der Waals surface area contributed by atoms with Crippen molar-refractivity contribution in [3.05, 3.63) is 59.1 Å². The first-order valence-electron chi connectivity index (χ1n) is 12.8. The fourth-order valence-electron chi connectivity index (χ4n) is 3.81. The molecule has 1 atom stereocenters. The lowest BCUT2D eigenvalue weighted by Gasteiger charge is -2.29. The number of benzene rings is 2. The average Bonchev–Trinajstić information content (AvgIpc) is 3.31. The summed E-state index contributed by atoms with van der Waals surface area (Å²) in [7, 11) is -4.14. The summed E-state index contributed by atoms with van der Waals surface area (Å²) in [6.45, 7) is 5.14. The van der Waals surface area contributed by atoms with Gasteiger partial charge in [0, 0.05) is 5.39 Å². The smallest absolute Gasteiger partial charge is 0.459 e. The van der Waals surface area contributed by atoms with E-state index in [2.05, 4.69) is 20.0 Å². The molecule has 0 bridgehead atoms. The van der Waals surface area contributed by atoms with E-state index in [0.717, 1.165) is 17.2 Å². The molecule has 0 radical (unpaired) electrons. The van der Waals surface area contributed by atoms with E-state index in [1.807, 2.05) is 37.3 Å². The first-order chi connectivity index (χ1) is 19.1. The molecule has 2 aromatic heterocycles. The van der Waals surface area contributed by atoms with Gasteiger partial charge in [-0.05, 0) is 31.7 Å². The van der Waals surface area contributed by atoms with Crippen LogP contribution in [0, 0.1) is 0 Å². The molecule has 4 N–H and O–H groups in total. The molecule has 4 aromatic rings. The molecule has 0 aliphatic heterocycles. The van der Waals surface area contributed by atoms with Crippen LogP contribution in [0.4, 0.5) is 5.95 Å². The Morgan fingerprint density at radius 3 is 2.73 bits per heavy atom. The number of esters is 1. The Kier molecular flexibility index (Phi) is 9.21. The van der Waals surface area contributed by atoms with Gasteiger partial charge in [0.2, 0.25) is 5.95 Å². The quantitative estimate of drug-likeness (QED) is 0.114. The standard InChI is InChI=1S/C26H33N6O7P/c1-4-5-13-37-24(34)26(2,3)31-40(35,39-20-12-8-10-18-9-6-7-11-19(18)20)38-15-14-36-17-32-16-28-21-22(32)29-25(27)30-23(21)33/h6-12,16H,4-5,13-15,17H2,1-3H3,(H,31,35)(H3,27,29,30,33). The van der Waals surface area contributed by atoms with Gasteiger partial charge in [0.1, 0.15) is 18.0 Å². The zero-order valence-electron chi connectivity index (χ0n) is 22.6. The molecule has 40 heavy (non-hydrogen) atoms. The molecular formula is C26H33N6O7P. The predicted molar refractivity (Wildman–Crippen MR) is 150 cm³/mol. The number of imidazole rings is 1. The maximum Gasteiger partial charge on any atom is 0.459 e. The van der Waals surface area contributed by atoms with Crippen LogP contribution in [0.25, 0.3) is 21.9 Å². The van der Waals surface area contributed by atoms with Gasteiger partial charge in [0.15, 0.2) is 11.2 Å². The zero-order valence-corrected chi connectivity index (χ0v) is 23.5. The number of carbonyl (C=O) groups is 1. The Bertz CT molecular complexity index is 1580. The molecule has 4 rings (SSSR count). The lowest BCUT2D eigenvalue weighted by atomic mass is 10.1. The molecule has 0 aliphatic rings. The lowest BCUT2D eigenvalue weighted by Crippen LogP contribution is -2.47. The van der Waals surface area contributed by atoms with E-state index in [4.69, 9.17) is 24.3 Å². The number of aromatic nitrogens is 4. The minimum Gasteiger partial charge on any atom is -0.464 e. The number of aromatic amines is 1. The lowest BCUT2D eigenvalue weighted by molar-refractivity contribution is -0.149. The van der Waals surface area contributed by atoms with Gasteiger partial charge < -0.3 is 19.7 Å². The van der Waals surface area contributed by atoms with E-state index < -0.39 is 24.8 Å². The fraction of sp³-hybridized carbons (Fsp3) is 0.385. The summed E-state index contributed by atoms with van der Waals surface area (Å²) in [6.07, 6.45) is 2.97. The molecule has 0 aliphatic carbocycles. The van der Waals surface area contributed by atoms with E-state index in [1.165, 1.54) is 10.9 Å². The van der Waals surface area contributed by atoms with Crippen molar-refractivity contribution in [1.29, 1.82) is 0 Å². The third-order valence-corrected chi connectivity index (χ3v) is 7.63. The summed E-state index contributed by atoms with van der Waals surface area (Å²) < 4.78 is 38.2. The van der Waals surface area contributed by atoms with Gasteiger partial charge in [-0.2, -0.15) is 10.1 Å². The summed E-state index contributed by atoms with van der Waals surface area (Å²) >= 11 is 0. The number of carbonyl (C=O) groups excluding carboxylic acids is 1. The molecule has 0 saturated carbocycles. The highest BCUT2D eigenvalue weighted by Crippen LogP contribution is 2.48. The van der Waals surface area contributed by atoms with Crippen LogP contribution in [0.5, 0.6) is 5.75 Å². The number of hydrogen-bond acceptors (Lipinski definition) is 10. The van der Waals surface area contributed by atoms with Crippen molar-refractivity contribution >= 4 is 41.6 Å². The van der Waals surface area contributed by atoms with Crippen LogP contribution in [0.3, 0.4) is 0 Å². The van der Waals surface area contributed by atoms with Crippen molar-refractivity contribution in [2.24, 2.45) is 0 Å². The number of rotatable bonds is 14. The van der Waals surface area contributed by atoms with Crippen LogP contribution in [-0.2, 0) is 30.1 Å². The minimum atomic E-state index is -4.14. The third-order valence-electron chi connectivity index (χ3n) is 5.84. The maximum absolute atomic E-state index is 14.0. The summed E-state index contributed by atoms with van der Waals surface area (Å²) in [5.41, 5.74) is 4.17. The Morgan fingerprint density at radius 1 is 1.15 bits per heavy atom. The Labute approximate surface area is 230 Å². The van der Waals surface area contributed by atoms with Crippen LogP contribution in [0.15, 0.2) is 53.6 Å². The van der Waals surface area contributed by atoms with Crippen LogP contribution >= 0.6 is 7.75 Å².